The lowest BCUT2D eigenvalue weighted by Crippen LogP contribution is -2.57. The van der Waals surface area contributed by atoms with Gasteiger partial charge >= 0.3 is 0 Å². The van der Waals surface area contributed by atoms with Crippen LogP contribution in [-0.2, 0) is 0 Å². The molecule has 2 aliphatic rings. The van der Waals surface area contributed by atoms with Crippen LogP contribution < -0.4 is 11.1 Å². The molecule has 2 aromatic rings. The molecule has 2 aliphatic carbocycles. The molecular formula is C18H23N5O. The van der Waals surface area contributed by atoms with Crippen LogP contribution in [-0.4, -0.2) is 33.4 Å². The van der Waals surface area contributed by atoms with E-state index >= 15 is 0 Å². The summed E-state index contributed by atoms with van der Waals surface area (Å²) in [6, 6.07) is 4.05. The zero-order valence-corrected chi connectivity index (χ0v) is 13.9. The second kappa shape index (κ2) is 5.70. The van der Waals surface area contributed by atoms with Crippen LogP contribution in [0.15, 0.2) is 24.5 Å². The molecule has 6 nitrogen and oxygen atoms in total. The van der Waals surface area contributed by atoms with Crippen molar-refractivity contribution in [2.75, 3.05) is 6.54 Å². The first kappa shape index (κ1) is 15.3. The monoisotopic (exact) mass is 325 g/mol. The summed E-state index contributed by atoms with van der Waals surface area (Å²) < 4.78 is 0. The van der Waals surface area contributed by atoms with E-state index in [4.69, 9.17) is 5.73 Å². The predicted octanol–water partition coefficient (Wildman–Crippen LogP) is 2.03. The number of imidazole rings is 1. The summed E-state index contributed by atoms with van der Waals surface area (Å²) in [6.45, 7) is 2.67. The van der Waals surface area contributed by atoms with Gasteiger partial charge in [0.1, 0.15) is 11.5 Å². The summed E-state index contributed by atoms with van der Waals surface area (Å²) in [5, 5.41) is 3.13. The highest BCUT2D eigenvalue weighted by molar-refractivity contribution is 5.94. The SMILES string of the molecule is Cc1[nH]c(-c2cccnc2)nc1C(=O)NC1CC2(CC(CN)C2)C1. The van der Waals surface area contributed by atoms with Crippen LogP contribution in [0, 0.1) is 18.3 Å². The minimum atomic E-state index is -0.0894. The summed E-state index contributed by atoms with van der Waals surface area (Å²) in [4.78, 5) is 24.3. The molecule has 2 aromatic heterocycles. The van der Waals surface area contributed by atoms with E-state index in [2.05, 4.69) is 20.3 Å². The second-order valence-electron chi connectivity index (χ2n) is 7.39. The van der Waals surface area contributed by atoms with E-state index in [1.54, 1.807) is 12.4 Å². The second-order valence-corrected chi connectivity index (χ2v) is 7.39. The zero-order chi connectivity index (χ0) is 16.7. The summed E-state index contributed by atoms with van der Waals surface area (Å²) in [5.74, 6) is 1.28. The number of aryl methyl sites for hydroxylation is 1. The van der Waals surface area contributed by atoms with Crippen LogP contribution in [0.4, 0.5) is 0 Å². The highest BCUT2D eigenvalue weighted by atomic mass is 16.2. The van der Waals surface area contributed by atoms with Crippen LogP contribution in [0.1, 0.15) is 41.9 Å². The lowest BCUT2D eigenvalue weighted by Gasteiger charge is -2.57. The fourth-order valence-electron chi connectivity index (χ4n) is 4.33. The van der Waals surface area contributed by atoms with Gasteiger partial charge < -0.3 is 16.0 Å². The van der Waals surface area contributed by atoms with Crippen molar-refractivity contribution in [1.82, 2.24) is 20.3 Å². The van der Waals surface area contributed by atoms with E-state index in [0.29, 0.717) is 22.9 Å². The maximum absolute atomic E-state index is 12.5. The molecule has 4 N–H and O–H groups in total. The van der Waals surface area contributed by atoms with E-state index in [1.807, 2.05) is 19.1 Å². The van der Waals surface area contributed by atoms with Gasteiger partial charge in [-0.25, -0.2) is 4.98 Å². The van der Waals surface area contributed by atoms with Crippen molar-refractivity contribution in [1.29, 1.82) is 0 Å². The van der Waals surface area contributed by atoms with E-state index < -0.39 is 0 Å². The van der Waals surface area contributed by atoms with Crippen molar-refractivity contribution < 1.29 is 4.79 Å². The van der Waals surface area contributed by atoms with E-state index in [-0.39, 0.29) is 11.9 Å². The normalized spacial score (nSPS) is 28.2. The average Bonchev–Trinajstić information content (AvgIpc) is 2.91. The van der Waals surface area contributed by atoms with Crippen LogP contribution in [0.25, 0.3) is 11.4 Å². The maximum Gasteiger partial charge on any atom is 0.271 e. The number of carbonyl (C=O) groups excluding carboxylic acids is 1. The van der Waals surface area contributed by atoms with Crippen molar-refractivity contribution >= 4 is 5.91 Å². The van der Waals surface area contributed by atoms with Gasteiger partial charge in [0, 0.05) is 29.7 Å². The molecule has 0 aromatic carbocycles. The van der Waals surface area contributed by atoms with Crippen molar-refractivity contribution in [3.8, 4) is 11.4 Å². The molecule has 1 amide bonds. The van der Waals surface area contributed by atoms with Gasteiger partial charge in [-0.05, 0) is 62.6 Å². The summed E-state index contributed by atoms with van der Waals surface area (Å²) >= 11 is 0. The van der Waals surface area contributed by atoms with Crippen molar-refractivity contribution in [2.45, 2.75) is 38.6 Å². The van der Waals surface area contributed by atoms with Crippen molar-refractivity contribution in [3.63, 3.8) is 0 Å². The molecule has 0 aliphatic heterocycles. The molecule has 0 unspecified atom stereocenters. The quantitative estimate of drug-likeness (QED) is 0.801. The summed E-state index contributed by atoms with van der Waals surface area (Å²) in [7, 11) is 0. The number of aromatic amines is 1. The molecule has 2 fully saturated rings. The van der Waals surface area contributed by atoms with E-state index in [0.717, 1.165) is 30.6 Å². The number of H-pyrrole nitrogens is 1. The Hall–Kier alpha value is -2.21. The fraction of sp³-hybridized carbons (Fsp3) is 0.500. The third-order valence-corrected chi connectivity index (χ3v) is 5.51. The third-order valence-electron chi connectivity index (χ3n) is 5.51. The number of carbonyl (C=O) groups is 1. The number of hydrogen-bond acceptors (Lipinski definition) is 4. The maximum atomic E-state index is 12.5. The molecule has 0 saturated heterocycles. The molecule has 4 rings (SSSR count). The van der Waals surface area contributed by atoms with Crippen molar-refractivity contribution in [3.05, 3.63) is 35.9 Å². The Morgan fingerprint density at radius 1 is 1.42 bits per heavy atom. The molecular weight excluding hydrogens is 302 g/mol. The number of aromatic nitrogens is 3. The number of hydrogen-bond donors (Lipinski definition) is 3. The van der Waals surface area contributed by atoms with Gasteiger partial charge in [0.05, 0.1) is 0 Å². The Morgan fingerprint density at radius 2 is 2.21 bits per heavy atom. The van der Waals surface area contributed by atoms with Gasteiger partial charge in [-0.1, -0.05) is 0 Å². The van der Waals surface area contributed by atoms with Gasteiger partial charge in [-0.2, -0.15) is 0 Å². The Balaban J connectivity index is 1.39. The Bertz CT molecular complexity index is 740. The number of nitrogens with zero attached hydrogens (tertiary/aromatic N) is 2. The molecule has 126 valence electrons. The fourth-order valence-corrected chi connectivity index (χ4v) is 4.33. The van der Waals surface area contributed by atoms with Gasteiger partial charge in [0.2, 0.25) is 0 Å². The van der Waals surface area contributed by atoms with Crippen LogP contribution in [0.2, 0.25) is 0 Å². The topological polar surface area (TPSA) is 96.7 Å². The zero-order valence-electron chi connectivity index (χ0n) is 13.9. The van der Waals surface area contributed by atoms with Gasteiger partial charge in [0.15, 0.2) is 0 Å². The number of nitrogens with one attached hydrogen (secondary N) is 2. The molecule has 1 spiro atoms. The van der Waals surface area contributed by atoms with Gasteiger partial charge in [0.25, 0.3) is 5.91 Å². The largest absolute Gasteiger partial charge is 0.348 e. The number of rotatable bonds is 4. The first-order valence-corrected chi connectivity index (χ1v) is 8.56. The minimum Gasteiger partial charge on any atom is -0.348 e. The summed E-state index contributed by atoms with van der Waals surface area (Å²) in [6.07, 6.45) is 8.06. The van der Waals surface area contributed by atoms with E-state index in [9.17, 15) is 4.79 Å². The van der Waals surface area contributed by atoms with Gasteiger partial charge in [-0.15, -0.1) is 0 Å². The van der Waals surface area contributed by atoms with Crippen LogP contribution in [0.5, 0.6) is 0 Å². The Morgan fingerprint density at radius 3 is 2.88 bits per heavy atom. The Labute approximate surface area is 141 Å². The predicted molar refractivity (Wildman–Crippen MR) is 91.3 cm³/mol. The smallest absolute Gasteiger partial charge is 0.271 e. The lowest BCUT2D eigenvalue weighted by molar-refractivity contribution is -0.0433. The van der Waals surface area contributed by atoms with Crippen LogP contribution >= 0.6 is 0 Å². The standard InChI is InChI=1S/C18H23N5O/c1-11-15(23-16(21-11)13-3-2-4-20-10-13)17(24)22-14-7-18(8-14)5-12(6-18)9-19/h2-4,10,12,14H,5-9,19H2,1H3,(H,21,23)(H,22,24). The summed E-state index contributed by atoms with van der Waals surface area (Å²) in [5.41, 5.74) is 8.31. The molecule has 0 radical (unpaired) electrons. The highest BCUT2D eigenvalue weighted by Gasteiger charge is 2.52. The molecule has 0 bridgehead atoms. The first-order chi connectivity index (χ1) is 11.6. The van der Waals surface area contributed by atoms with Crippen LogP contribution in [0.3, 0.4) is 0 Å². The lowest BCUT2D eigenvalue weighted by atomic mass is 9.50. The third kappa shape index (κ3) is 2.60. The van der Waals surface area contributed by atoms with Crippen molar-refractivity contribution in [2.24, 2.45) is 17.1 Å². The highest BCUT2D eigenvalue weighted by Crippen LogP contribution is 2.58. The average molecular weight is 325 g/mol. The number of amides is 1. The molecule has 0 atom stereocenters. The first-order valence-electron chi connectivity index (χ1n) is 8.56. The van der Waals surface area contributed by atoms with Gasteiger partial charge in [-0.3, -0.25) is 9.78 Å². The van der Waals surface area contributed by atoms with E-state index in [1.165, 1.54) is 12.8 Å². The number of nitrogens with two attached hydrogens (primary N) is 1. The minimum absolute atomic E-state index is 0.0894. The number of pyridine rings is 1. The Kier molecular flexibility index (Phi) is 3.64. The molecule has 2 heterocycles. The molecule has 24 heavy (non-hydrogen) atoms. The molecule has 2 saturated carbocycles. The molecule has 6 heteroatoms.